The number of carbonyl (C=O) groups excluding carboxylic acids is 1. The van der Waals surface area contributed by atoms with E-state index in [1.54, 1.807) is 22.8 Å². The van der Waals surface area contributed by atoms with Crippen molar-refractivity contribution in [3.05, 3.63) is 39.0 Å². The van der Waals surface area contributed by atoms with Crippen LogP contribution in [0.25, 0.3) is 10.9 Å². The van der Waals surface area contributed by atoms with Gasteiger partial charge in [0.25, 0.3) is 5.56 Å². The number of benzene rings is 1. The number of fused-ring (bicyclic) bond motifs is 1. The van der Waals surface area contributed by atoms with E-state index in [0.717, 1.165) is 32.1 Å². The van der Waals surface area contributed by atoms with Crippen molar-refractivity contribution >= 4 is 22.5 Å². The topological polar surface area (TPSA) is 99.1 Å². The number of hydrogen-bond donors (Lipinski definition) is 2. The lowest BCUT2D eigenvalue weighted by Gasteiger charge is -2.18. The highest BCUT2D eigenvalue weighted by atomic mass is 16.2. The molecule has 2 saturated carbocycles. The highest BCUT2D eigenvalue weighted by Crippen LogP contribution is 2.30. The Morgan fingerprint density at radius 2 is 1.96 bits per heavy atom. The smallest absolute Gasteiger partial charge is 0.327 e. The van der Waals surface area contributed by atoms with Gasteiger partial charge in [-0.25, -0.2) is 4.79 Å². The molecule has 150 valence electrons. The van der Waals surface area contributed by atoms with Crippen molar-refractivity contribution in [3.63, 3.8) is 0 Å². The van der Waals surface area contributed by atoms with Crippen molar-refractivity contribution < 1.29 is 4.79 Å². The Labute approximate surface area is 163 Å². The zero-order chi connectivity index (χ0) is 20.0. The number of nitrogens with zero attached hydrogens (tertiary/aromatic N) is 2. The monoisotopic (exact) mass is 384 g/mol. The van der Waals surface area contributed by atoms with Crippen LogP contribution in [-0.4, -0.2) is 21.1 Å². The van der Waals surface area contributed by atoms with Gasteiger partial charge >= 0.3 is 5.69 Å². The van der Waals surface area contributed by atoms with E-state index in [-0.39, 0.29) is 35.2 Å². The fourth-order valence-electron chi connectivity index (χ4n) is 4.23. The van der Waals surface area contributed by atoms with Crippen molar-refractivity contribution in [2.75, 3.05) is 5.32 Å². The van der Waals surface area contributed by atoms with Crippen molar-refractivity contribution in [1.29, 1.82) is 0 Å². The fourth-order valence-corrected chi connectivity index (χ4v) is 4.23. The van der Waals surface area contributed by atoms with Gasteiger partial charge in [0.2, 0.25) is 5.91 Å². The first-order valence-corrected chi connectivity index (χ1v) is 10.2. The summed E-state index contributed by atoms with van der Waals surface area (Å²) >= 11 is 0. The normalized spacial score (nSPS) is 22.1. The number of hydrogen-bond acceptors (Lipinski definition) is 4. The largest absolute Gasteiger partial charge is 0.331 e. The second-order valence-electron chi connectivity index (χ2n) is 8.53. The average Bonchev–Trinajstić information content (AvgIpc) is 3.37. The molecule has 1 heterocycles. The third-order valence-electron chi connectivity index (χ3n) is 6.00. The Hall–Kier alpha value is -2.41. The van der Waals surface area contributed by atoms with Gasteiger partial charge in [-0.3, -0.25) is 18.7 Å². The molecule has 1 aromatic heterocycles. The zero-order valence-electron chi connectivity index (χ0n) is 16.5. The van der Waals surface area contributed by atoms with Crippen LogP contribution in [0.2, 0.25) is 0 Å². The lowest BCUT2D eigenvalue weighted by Crippen LogP contribution is -2.41. The average molecular weight is 384 g/mol. The summed E-state index contributed by atoms with van der Waals surface area (Å²) in [7, 11) is 0. The molecule has 1 amide bonds. The molecule has 2 aromatic rings. The van der Waals surface area contributed by atoms with Gasteiger partial charge in [-0.2, -0.15) is 0 Å². The van der Waals surface area contributed by atoms with E-state index in [0.29, 0.717) is 29.1 Å². The zero-order valence-corrected chi connectivity index (χ0v) is 16.5. The van der Waals surface area contributed by atoms with Crippen LogP contribution in [0.3, 0.4) is 0 Å². The number of rotatable bonds is 5. The third kappa shape index (κ3) is 3.39. The lowest BCUT2D eigenvalue weighted by atomic mass is 10.0. The Morgan fingerprint density at radius 3 is 2.57 bits per heavy atom. The van der Waals surface area contributed by atoms with E-state index in [9.17, 15) is 14.4 Å². The van der Waals surface area contributed by atoms with Crippen LogP contribution < -0.4 is 22.3 Å². The van der Waals surface area contributed by atoms with Gasteiger partial charge in [0, 0.05) is 24.3 Å². The highest BCUT2D eigenvalue weighted by molar-refractivity contribution is 5.95. The molecule has 4 rings (SSSR count). The fraction of sp³-hybridized carbons (Fsp3) is 0.571. The highest BCUT2D eigenvalue weighted by Gasteiger charge is 2.30. The van der Waals surface area contributed by atoms with E-state index in [1.807, 2.05) is 13.8 Å². The summed E-state index contributed by atoms with van der Waals surface area (Å²) < 4.78 is 3.02. The standard InChI is InChI=1S/C21H28N4O3/c1-12(2)25-18-9-8-14(23-19(26)15-4-3-5-17(15)22)10-16(18)20(27)24(21(25)28)11-13-6-7-13/h8-10,12-13,15,17H,3-7,11,22H2,1-2H3,(H,23,26)/t15-,17+/m0/s1. The van der Waals surface area contributed by atoms with Crippen LogP contribution in [0, 0.1) is 11.8 Å². The molecule has 0 radical (unpaired) electrons. The summed E-state index contributed by atoms with van der Waals surface area (Å²) in [6.07, 6.45) is 4.74. The van der Waals surface area contributed by atoms with Gasteiger partial charge < -0.3 is 11.1 Å². The van der Waals surface area contributed by atoms with E-state index in [4.69, 9.17) is 5.73 Å². The number of nitrogens with one attached hydrogen (secondary N) is 1. The summed E-state index contributed by atoms with van der Waals surface area (Å²) in [6, 6.07) is 5.02. The van der Waals surface area contributed by atoms with Crippen LogP contribution in [-0.2, 0) is 11.3 Å². The molecule has 7 heteroatoms. The van der Waals surface area contributed by atoms with Crippen molar-refractivity contribution in [1.82, 2.24) is 9.13 Å². The first kappa shape index (κ1) is 18.9. The number of nitrogens with two attached hydrogens (primary N) is 1. The second kappa shape index (κ2) is 7.20. The van der Waals surface area contributed by atoms with E-state index in [1.165, 1.54) is 4.57 Å². The number of anilines is 1. The number of amides is 1. The first-order chi connectivity index (χ1) is 13.4. The lowest BCUT2D eigenvalue weighted by molar-refractivity contribution is -0.120. The molecular formula is C21H28N4O3. The Kier molecular flexibility index (Phi) is 4.87. The van der Waals surface area contributed by atoms with E-state index < -0.39 is 0 Å². The summed E-state index contributed by atoms with van der Waals surface area (Å²) in [4.78, 5) is 38.5. The third-order valence-corrected chi connectivity index (χ3v) is 6.00. The van der Waals surface area contributed by atoms with Gasteiger partial charge in [-0.1, -0.05) is 6.42 Å². The Morgan fingerprint density at radius 1 is 1.21 bits per heavy atom. The van der Waals surface area contributed by atoms with Gasteiger partial charge in [0.05, 0.1) is 16.8 Å². The van der Waals surface area contributed by atoms with E-state index in [2.05, 4.69) is 5.32 Å². The first-order valence-electron chi connectivity index (χ1n) is 10.2. The summed E-state index contributed by atoms with van der Waals surface area (Å²) in [5.74, 6) is 0.127. The van der Waals surface area contributed by atoms with Crippen LogP contribution in [0.5, 0.6) is 0 Å². The Balaban J connectivity index is 1.76. The molecule has 28 heavy (non-hydrogen) atoms. The molecule has 3 N–H and O–H groups in total. The molecule has 0 saturated heterocycles. The predicted octanol–water partition coefficient (Wildman–Crippen LogP) is 2.22. The van der Waals surface area contributed by atoms with Crippen molar-refractivity contribution in [3.8, 4) is 0 Å². The minimum Gasteiger partial charge on any atom is -0.327 e. The minimum absolute atomic E-state index is 0.0713. The van der Waals surface area contributed by atoms with Gasteiger partial charge in [-0.15, -0.1) is 0 Å². The second-order valence-corrected chi connectivity index (χ2v) is 8.53. The molecule has 7 nitrogen and oxygen atoms in total. The van der Waals surface area contributed by atoms with Crippen molar-refractivity contribution in [2.24, 2.45) is 17.6 Å². The maximum Gasteiger partial charge on any atom is 0.331 e. The summed E-state index contributed by atoms with van der Waals surface area (Å²) in [5.41, 5.74) is 6.68. The molecule has 0 bridgehead atoms. The predicted molar refractivity (Wildman–Crippen MR) is 110 cm³/mol. The van der Waals surface area contributed by atoms with E-state index >= 15 is 0 Å². The van der Waals surface area contributed by atoms with Gasteiger partial charge in [0.1, 0.15) is 0 Å². The molecule has 2 aliphatic rings. The molecule has 2 aliphatic carbocycles. The van der Waals surface area contributed by atoms with Gasteiger partial charge in [0.15, 0.2) is 0 Å². The van der Waals surface area contributed by atoms with Crippen molar-refractivity contribution in [2.45, 2.75) is 64.6 Å². The maximum atomic E-state index is 13.1. The quantitative estimate of drug-likeness (QED) is 0.826. The molecule has 2 atom stereocenters. The van der Waals surface area contributed by atoms with Crippen LogP contribution in [0.1, 0.15) is 52.0 Å². The summed E-state index contributed by atoms with van der Waals surface area (Å²) in [5, 5.41) is 3.38. The SMILES string of the molecule is CC(C)n1c(=O)n(CC2CC2)c(=O)c2cc(NC(=O)[C@H]3CCC[C@H]3N)ccc21. The van der Waals surface area contributed by atoms with Crippen LogP contribution in [0.15, 0.2) is 27.8 Å². The molecule has 0 unspecified atom stereocenters. The summed E-state index contributed by atoms with van der Waals surface area (Å²) in [6.45, 7) is 4.34. The molecule has 0 spiro atoms. The molecule has 2 fully saturated rings. The molecular weight excluding hydrogens is 356 g/mol. The molecule has 0 aliphatic heterocycles. The maximum absolute atomic E-state index is 13.1. The van der Waals surface area contributed by atoms with Crippen LogP contribution in [0.4, 0.5) is 5.69 Å². The Bertz CT molecular complexity index is 1030. The molecule has 1 aromatic carbocycles. The van der Waals surface area contributed by atoms with Crippen LogP contribution >= 0.6 is 0 Å². The minimum atomic E-state index is -0.280. The number of carbonyl (C=O) groups is 1. The number of aromatic nitrogens is 2. The van der Waals surface area contributed by atoms with Gasteiger partial charge in [-0.05, 0) is 63.6 Å².